The second-order valence-electron chi connectivity index (χ2n) is 4.68. The van der Waals surface area contributed by atoms with Crippen LogP contribution >= 0.6 is 27.3 Å². The smallest absolute Gasteiger partial charge is 0.0558 e. The molecule has 4 heteroatoms. The molecular weight excluding hydrogens is 298 g/mol. The zero-order valence-corrected chi connectivity index (χ0v) is 12.5. The summed E-state index contributed by atoms with van der Waals surface area (Å²) < 4.78 is 1.21. The van der Waals surface area contributed by atoms with Crippen molar-refractivity contribution in [3.8, 4) is 0 Å². The second-order valence-corrected chi connectivity index (χ2v) is 6.53. The van der Waals surface area contributed by atoms with Crippen molar-refractivity contribution in [1.29, 1.82) is 0 Å². The topological polar surface area (TPSA) is 23.5 Å². The number of thiophene rings is 1. The molecule has 2 nitrogen and oxygen atoms in total. The van der Waals surface area contributed by atoms with Gasteiger partial charge in [-0.05, 0) is 40.2 Å². The molecule has 1 aliphatic rings. The first-order chi connectivity index (χ1) is 8.31. The maximum absolute atomic E-state index is 9.22. The summed E-state index contributed by atoms with van der Waals surface area (Å²) in [6, 6.07) is 2.78. The van der Waals surface area contributed by atoms with Crippen LogP contribution in [0.1, 0.15) is 37.0 Å². The molecule has 0 bridgehead atoms. The molecule has 96 valence electrons. The van der Waals surface area contributed by atoms with Gasteiger partial charge in [-0.2, -0.15) is 0 Å². The Balaban J connectivity index is 1.98. The molecule has 1 N–H and O–H groups in total. The fraction of sp³-hybridized carbons (Fsp3) is 0.692. The minimum Gasteiger partial charge on any atom is -0.395 e. The van der Waals surface area contributed by atoms with Gasteiger partial charge in [0.15, 0.2) is 0 Å². The van der Waals surface area contributed by atoms with Crippen molar-refractivity contribution in [3.63, 3.8) is 0 Å². The summed E-state index contributed by atoms with van der Waals surface area (Å²) >= 11 is 5.39. The van der Waals surface area contributed by atoms with E-state index >= 15 is 0 Å². The lowest BCUT2D eigenvalue weighted by molar-refractivity contribution is 0.118. The summed E-state index contributed by atoms with van der Waals surface area (Å²) in [5.74, 6) is 0. The van der Waals surface area contributed by atoms with Crippen molar-refractivity contribution >= 4 is 27.3 Å². The third-order valence-corrected chi connectivity index (χ3v) is 5.43. The van der Waals surface area contributed by atoms with Crippen LogP contribution in [0.4, 0.5) is 0 Å². The van der Waals surface area contributed by atoms with Crippen LogP contribution < -0.4 is 0 Å². The number of hydrogen-bond donors (Lipinski definition) is 1. The minimum atomic E-state index is 0.263. The van der Waals surface area contributed by atoms with Crippen LogP contribution in [0.15, 0.2) is 15.9 Å². The summed E-state index contributed by atoms with van der Waals surface area (Å²) in [5, 5.41) is 11.3. The number of halogens is 1. The van der Waals surface area contributed by atoms with Gasteiger partial charge in [0.05, 0.1) is 6.61 Å². The molecule has 2 rings (SSSR count). The van der Waals surface area contributed by atoms with Gasteiger partial charge in [0.1, 0.15) is 0 Å². The predicted octanol–water partition coefficient (Wildman–Crippen LogP) is 3.64. The lowest BCUT2D eigenvalue weighted by Gasteiger charge is -2.33. The first kappa shape index (κ1) is 13.5. The van der Waals surface area contributed by atoms with E-state index in [1.807, 2.05) is 0 Å². The molecule has 1 aliphatic carbocycles. The highest BCUT2D eigenvalue weighted by atomic mass is 79.9. The summed E-state index contributed by atoms with van der Waals surface area (Å²) in [7, 11) is 0. The fourth-order valence-electron chi connectivity index (χ4n) is 2.59. The van der Waals surface area contributed by atoms with E-state index in [2.05, 4.69) is 32.3 Å². The Hall–Kier alpha value is 0.100. The summed E-state index contributed by atoms with van der Waals surface area (Å²) in [6.07, 6.45) is 6.66. The van der Waals surface area contributed by atoms with Gasteiger partial charge in [-0.1, -0.05) is 19.3 Å². The highest BCUT2D eigenvalue weighted by Crippen LogP contribution is 2.28. The van der Waals surface area contributed by atoms with Crippen molar-refractivity contribution < 1.29 is 5.11 Å². The minimum absolute atomic E-state index is 0.263. The predicted molar refractivity (Wildman–Crippen MR) is 76.4 cm³/mol. The van der Waals surface area contributed by atoms with E-state index in [-0.39, 0.29) is 6.61 Å². The van der Waals surface area contributed by atoms with Crippen LogP contribution in [0.25, 0.3) is 0 Å². The molecule has 1 aromatic rings. The molecule has 1 aromatic heterocycles. The van der Waals surface area contributed by atoms with E-state index in [0.717, 1.165) is 13.1 Å². The van der Waals surface area contributed by atoms with Crippen molar-refractivity contribution in [2.75, 3.05) is 13.2 Å². The summed E-state index contributed by atoms with van der Waals surface area (Å²) in [6.45, 7) is 2.04. The van der Waals surface area contributed by atoms with Crippen molar-refractivity contribution in [3.05, 3.63) is 20.8 Å². The third-order valence-electron chi connectivity index (χ3n) is 3.52. The van der Waals surface area contributed by atoms with Gasteiger partial charge in [0.2, 0.25) is 0 Å². The lowest BCUT2D eigenvalue weighted by Crippen LogP contribution is -2.38. The Labute approximate surface area is 116 Å². The molecule has 1 saturated carbocycles. The van der Waals surface area contributed by atoms with E-state index in [1.54, 1.807) is 11.3 Å². The Morgan fingerprint density at radius 3 is 2.71 bits per heavy atom. The number of aliphatic hydroxyl groups is 1. The zero-order chi connectivity index (χ0) is 12.1. The van der Waals surface area contributed by atoms with Gasteiger partial charge in [0.25, 0.3) is 0 Å². The first-order valence-corrected chi connectivity index (χ1v) is 8.05. The van der Waals surface area contributed by atoms with Crippen molar-refractivity contribution in [1.82, 2.24) is 4.90 Å². The van der Waals surface area contributed by atoms with Crippen molar-refractivity contribution in [2.24, 2.45) is 0 Å². The van der Waals surface area contributed by atoms with Crippen LogP contribution in [0.3, 0.4) is 0 Å². The van der Waals surface area contributed by atoms with Gasteiger partial charge in [0, 0.05) is 28.5 Å². The molecule has 0 aromatic carbocycles. The van der Waals surface area contributed by atoms with E-state index in [4.69, 9.17) is 0 Å². The van der Waals surface area contributed by atoms with Gasteiger partial charge in [-0.3, -0.25) is 4.90 Å². The molecule has 0 atom stereocenters. The maximum Gasteiger partial charge on any atom is 0.0558 e. The van der Waals surface area contributed by atoms with Crippen LogP contribution in [-0.2, 0) is 6.54 Å². The van der Waals surface area contributed by atoms with Gasteiger partial charge < -0.3 is 5.11 Å². The molecule has 0 aliphatic heterocycles. The van der Waals surface area contributed by atoms with Crippen molar-refractivity contribution in [2.45, 2.75) is 44.7 Å². The molecule has 0 unspecified atom stereocenters. The Bertz CT molecular complexity index is 336. The highest BCUT2D eigenvalue weighted by molar-refractivity contribution is 9.10. The summed E-state index contributed by atoms with van der Waals surface area (Å²) in [4.78, 5) is 3.83. The quantitative estimate of drug-likeness (QED) is 0.896. The Morgan fingerprint density at radius 1 is 1.35 bits per heavy atom. The van der Waals surface area contributed by atoms with Gasteiger partial charge >= 0.3 is 0 Å². The normalized spacial score (nSPS) is 17.8. The molecule has 0 amide bonds. The van der Waals surface area contributed by atoms with E-state index in [0.29, 0.717) is 6.04 Å². The molecule has 1 fully saturated rings. The highest BCUT2D eigenvalue weighted by Gasteiger charge is 2.21. The number of nitrogens with zero attached hydrogens (tertiary/aromatic N) is 1. The number of aliphatic hydroxyl groups excluding tert-OH is 1. The standard InChI is InChI=1S/C13H20BrNOS/c14-12-6-9-17-13(12)10-15(7-8-16)11-4-2-1-3-5-11/h6,9,11,16H,1-5,7-8,10H2. The van der Waals surface area contributed by atoms with Gasteiger partial charge in [-0.25, -0.2) is 0 Å². The monoisotopic (exact) mass is 317 g/mol. The Morgan fingerprint density at radius 2 is 2.12 bits per heavy atom. The number of hydrogen-bond acceptors (Lipinski definition) is 3. The molecular formula is C13H20BrNOS. The Kier molecular flexibility index (Phi) is 5.48. The lowest BCUT2D eigenvalue weighted by atomic mass is 9.94. The third kappa shape index (κ3) is 3.78. The van der Waals surface area contributed by atoms with E-state index in [9.17, 15) is 5.11 Å². The molecule has 17 heavy (non-hydrogen) atoms. The van der Waals surface area contributed by atoms with Crippen LogP contribution in [0, 0.1) is 0 Å². The first-order valence-electron chi connectivity index (χ1n) is 6.38. The second kappa shape index (κ2) is 6.88. The van der Waals surface area contributed by atoms with Gasteiger partial charge in [-0.15, -0.1) is 11.3 Å². The van der Waals surface area contributed by atoms with Crippen LogP contribution in [0.2, 0.25) is 0 Å². The van der Waals surface area contributed by atoms with Crippen LogP contribution in [0.5, 0.6) is 0 Å². The largest absolute Gasteiger partial charge is 0.395 e. The SMILES string of the molecule is OCCN(Cc1sccc1Br)C1CCCCC1. The van der Waals surface area contributed by atoms with Crippen LogP contribution in [-0.4, -0.2) is 29.2 Å². The average molecular weight is 318 g/mol. The molecule has 0 radical (unpaired) electrons. The fourth-order valence-corrected chi connectivity index (χ4v) is 4.09. The molecule has 0 saturated heterocycles. The number of rotatable bonds is 5. The average Bonchev–Trinajstić information content (AvgIpc) is 2.76. The van der Waals surface area contributed by atoms with E-state index in [1.165, 1.54) is 41.5 Å². The molecule has 0 spiro atoms. The van der Waals surface area contributed by atoms with E-state index < -0.39 is 0 Å². The summed E-state index contributed by atoms with van der Waals surface area (Å²) in [5.41, 5.74) is 0. The zero-order valence-electron chi connectivity index (χ0n) is 10.1. The molecule has 1 heterocycles. The maximum atomic E-state index is 9.22.